The van der Waals surface area contributed by atoms with E-state index in [9.17, 15) is 0 Å². The maximum absolute atomic E-state index is 6.04. The lowest BCUT2D eigenvalue weighted by atomic mass is 9.73. The van der Waals surface area contributed by atoms with Gasteiger partial charge in [-0.2, -0.15) is 0 Å². The van der Waals surface area contributed by atoms with Crippen LogP contribution in [-0.2, 0) is 0 Å². The van der Waals surface area contributed by atoms with Crippen LogP contribution in [0.25, 0.3) is 0 Å². The minimum atomic E-state index is -0.0418. The van der Waals surface area contributed by atoms with Gasteiger partial charge in [0.15, 0.2) is 11.6 Å². The molecule has 3 N–H and O–H groups in total. The number of hydrogen-bond donors (Lipinski definition) is 2. The molecule has 0 aliphatic heterocycles. The lowest BCUT2D eigenvalue weighted by Crippen LogP contribution is -2.52. The number of hydrogen-bond acceptors (Lipinski definition) is 4. The lowest BCUT2D eigenvalue weighted by molar-refractivity contribution is 0.234. The second kappa shape index (κ2) is 5.57. The number of anilines is 1. The van der Waals surface area contributed by atoms with Crippen LogP contribution in [0.3, 0.4) is 0 Å². The molecule has 2 unspecified atom stereocenters. The number of nitrogens with two attached hydrogens (primary N) is 1. The van der Waals surface area contributed by atoms with Crippen LogP contribution in [0.2, 0.25) is 0 Å². The Morgan fingerprint density at radius 2 is 2.39 bits per heavy atom. The summed E-state index contributed by atoms with van der Waals surface area (Å²) in [6.45, 7) is 2.91. The van der Waals surface area contributed by atoms with Gasteiger partial charge in [-0.25, -0.2) is 4.98 Å². The molecule has 0 bridgehead atoms. The zero-order valence-corrected chi connectivity index (χ0v) is 11.3. The SMILES string of the molecule is COc1cccnc1NC1(CN)CCCCC1C. The van der Waals surface area contributed by atoms with E-state index in [1.807, 2.05) is 12.1 Å². The van der Waals surface area contributed by atoms with Crippen molar-refractivity contribution in [3.05, 3.63) is 18.3 Å². The van der Waals surface area contributed by atoms with E-state index in [4.69, 9.17) is 10.5 Å². The molecule has 4 heteroatoms. The van der Waals surface area contributed by atoms with Crippen LogP contribution >= 0.6 is 0 Å². The smallest absolute Gasteiger partial charge is 0.169 e. The highest BCUT2D eigenvalue weighted by Crippen LogP contribution is 2.37. The minimum Gasteiger partial charge on any atom is -0.493 e. The topological polar surface area (TPSA) is 60.2 Å². The molecule has 2 atom stereocenters. The van der Waals surface area contributed by atoms with E-state index in [2.05, 4.69) is 17.2 Å². The van der Waals surface area contributed by atoms with Gasteiger partial charge in [-0.1, -0.05) is 19.8 Å². The van der Waals surface area contributed by atoms with Crippen LogP contribution in [0.4, 0.5) is 5.82 Å². The van der Waals surface area contributed by atoms with Gasteiger partial charge in [0.2, 0.25) is 0 Å². The summed E-state index contributed by atoms with van der Waals surface area (Å²) in [4.78, 5) is 4.38. The molecule has 1 fully saturated rings. The fourth-order valence-corrected chi connectivity index (χ4v) is 2.84. The highest BCUT2D eigenvalue weighted by molar-refractivity contribution is 5.51. The highest BCUT2D eigenvalue weighted by atomic mass is 16.5. The predicted octanol–water partition coefficient (Wildman–Crippen LogP) is 2.41. The van der Waals surface area contributed by atoms with E-state index < -0.39 is 0 Å². The number of nitrogens with zero attached hydrogens (tertiary/aromatic N) is 1. The monoisotopic (exact) mass is 249 g/mol. The quantitative estimate of drug-likeness (QED) is 0.860. The van der Waals surface area contributed by atoms with E-state index in [-0.39, 0.29) is 5.54 Å². The van der Waals surface area contributed by atoms with Gasteiger partial charge < -0.3 is 15.8 Å². The van der Waals surface area contributed by atoms with Crippen LogP contribution in [0.1, 0.15) is 32.6 Å². The Labute approximate surface area is 109 Å². The van der Waals surface area contributed by atoms with Crippen molar-refractivity contribution >= 4 is 5.82 Å². The molecule has 0 amide bonds. The first-order valence-electron chi connectivity index (χ1n) is 6.69. The third-order valence-corrected chi connectivity index (χ3v) is 4.18. The predicted molar refractivity (Wildman–Crippen MR) is 73.8 cm³/mol. The first-order chi connectivity index (χ1) is 8.72. The number of rotatable bonds is 4. The molecule has 0 aromatic carbocycles. The lowest BCUT2D eigenvalue weighted by Gasteiger charge is -2.43. The molecule has 4 nitrogen and oxygen atoms in total. The number of methoxy groups -OCH3 is 1. The van der Waals surface area contributed by atoms with Gasteiger partial charge in [0.1, 0.15) is 0 Å². The van der Waals surface area contributed by atoms with Crippen molar-refractivity contribution in [2.24, 2.45) is 11.7 Å². The summed E-state index contributed by atoms with van der Waals surface area (Å²) in [5.74, 6) is 2.14. The average Bonchev–Trinajstić information content (AvgIpc) is 2.42. The molecule has 1 aromatic rings. The number of nitrogens with one attached hydrogen (secondary N) is 1. The molecule has 1 heterocycles. The van der Waals surface area contributed by atoms with Crippen LogP contribution in [0.15, 0.2) is 18.3 Å². The van der Waals surface area contributed by atoms with Gasteiger partial charge >= 0.3 is 0 Å². The molecule has 100 valence electrons. The van der Waals surface area contributed by atoms with Gasteiger partial charge in [-0.3, -0.25) is 0 Å². The highest BCUT2D eigenvalue weighted by Gasteiger charge is 2.37. The normalized spacial score (nSPS) is 27.8. The summed E-state index contributed by atoms with van der Waals surface area (Å²) in [6.07, 6.45) is 6.62. The van der Waals surface area contributed by atoms with Crippen LogP contribution < -0.4 is 15.8 Å². The molecular weight excluding hydrogens is 226 g/mol. The van der Waals surface area contributed by atoms with Crippen LogP contribution in [0.5, 0.6) is 5.75 Å². The Bertz CT molecular complexity index is 396. The van der Waals surface area contributed by atoms with Gasteiger partial charge in [0, 0.05) is 12.7 Å². The number of aromatic nitrogens is 1. The zero-order valence-electron chi connectivity index (χ0n) is 11.3. The number of pyridine rings is 1. The fourth-order valence-electron chi connectivity index (χ4n) is 2.84. The second-order valence-electron chi connectivity index (χ2n) is 5.19. The third-order valence-electron chi connectivity index (χ3n) is 4.18. The van der Waals surface area contributed by atoms with Gasteiger partial charge in [-0.05, 0) is 30.9 Å². The maximum atomic E-state index is 6.04. The Morgan fingerprint density at radius 1 is 1.56 bits per heavy atom. The average molecular weight is 249 g/mol. The van der Waals surface area contributed by atoms with Gasteiger partial charge in [0.25, 0.3) is 0 Å². The molecule has 1 aromatic heterocycles. The fraction of sp³-hybridized carbons (Fsp3) is 0.643. The van der Waals surface area contributed by atoms with E-state index in [1.54, 1.807) is 13.3 Å². The third kappa shape index (κ3) is 2.43. The van der Waals surface area contributed by atoms with E-state index in [1.165, 1.54) is 19.3 Å². The van der Waals surface area contributed by atoms with E-state index in [0.717, 1.165) is 18.0 Å². The van der Waals surface area contributed by atoms with Crippen molar-refractivity contribution in [3.63, 3.8) is 0 Å². The first kappa shape index (κ1) is 13.1. The largest absolute Gasteiger partial charge is 0.493 e. The summed E-state index contributed by atoms with van der Waals surface area (Å²) in [5.41, 5.74) is 6.00. The zero-order chi connectivity index (χ0) is 13.0. The molecule has 1 saturated carbocycles. The molecule has 0 saturated heterocycles. The summed E-state index contributed by atoms with van der Waals surface area (Å²) in [5, 5.41) is 3.55. The summed E-state index contributed by atoms with van der Waals surface area (Å²) < 4.78 is 5.35. The summed E-state index contributed by atoms with van der Waals surface area (Å²) in [6, 6.07) is 3.80. The number of ether oxygens (including phenoxy) is 1. The Morgan fingerprint density at radius 3 is 3.06 bits per heavy atom. The van der Waals surface area contributed by atoms with Crippen molar-refractivity contribution in [1.29, 1.82) is 0 Å². The standard InChI is InChI=1S/C14H23N3O/c1-11-6-3-4-8-14(11,10-15)17-13-12(18-2)7-5-9-16-13/h5,7,9,11H,3-4,6,8,10,15H2,1-2H3,(H,16,17). The second-order valence-corrected chi connectivity index (χ2v) is 5.19. The molecule has 1 aliphatic carbocycles. The minimum absolute atomic E-state index is 0.0418. The van der Waals surface area contributed by atoms with Crippen LogP contribution in [-0.4, -0.2) is 24.2 Å². The molecule has 18 heavy (non-hydrogen) atoms. The van der Waals surface area contributed by atoms with E-state index in [0.29, 0.717) is 12.5 Å². The molecule has 0 radical (unpaired) electrons. The summed E-state index contributed by atoms with van der Waals surface area (Å²) in [7, 11) is 1.67. The van der Waals surface area contributed by atoms with Crippen molar-refractivity contribution in [2.75, 3.05) is 19.0 Å². The first-order valence-corrected chi connectivity index (χ1v) is 6.69. The van der Waals surface area contributed by atoms with E-state index >= 15 is 0 Å². The van der Waals surface area contributed by atoms with Crippen molar-refractivity contribution in [2.45, 2.75) is 38.1 Å². The molecule has 0 spiro atoms. The van der Waals surface area contributed by atoms with Crippen LogP contribution in [0, 0.1) is 5.92 Å². The van der Waals surface area contributed by atoms with Crippen molar-refractivity contribution < 1.29 is 4.74 Å². The molecule has 1 aliphatic rings. The summed E-state index contributed by atoms with van der Waals surface area (Å²) >= 11 is 0. The van der Waals surface area contributed by atoms with Gasteiger partial charge in [0.05, 0.1) is 12.6 Å². The van der Waals surface area contributed by atoms with Gasteiger partial charge in [-0.15, -0.1) is 0 Å². The van der Waals surface area contributed by atoms with Crippen molar-refractivity contribution in [1.82, 2.24) is 4.98 Å². The molecular formula is C14H23N3O. The Balaban J connectivity index is 2.24. The maximum Gasteiger partial charge on any atom is 0.169 e. The van der Waals surface area contributed by atoms with Crippen molar-refractivity contribution in [3.8, 4) is 5.75 Å². The Kier molecular flexibility index (Phi) is 4.07. The Hall–Kier alpha value is -1.29. The molecule has 2 rings (SSSR count).